The first-order valence-electron chi connectivity index (χ1n) is 8.51. The summed E-state index contributed by atoms with van der Waals surface area (Å²) >= 11 is 0. The standard InChI is InChI=1S/C18H25N3O3/c1-2-15(21-12-6-9-17(21)23)10-11-19-16(22)13-20-18(24)14-7-4-3-5-8-14/h3-5,7-8,15H,2,6,9-13H2,1H3,(H,19,22)(H,20,24). The maximum Gasteiger partial charge on any atom is 0.251 e. The van der Waals surface area contributed by atoms with Gasteiger partial charge in [-0.2, -0.15) is 0 Å². The molecule has 1 aromatic carbocycles. The zero-order valence-electron chi connectivity index (χ0n) is 14.1. The molecule has 130 valence electrons. The third-order valence-corrected chi connectivity index (χ3v) is 4.27. The lowest BCUT2D eigenvalue weighted by Crippen LogP contribution is -2.41. The van der Waals surface area contributed by atoms with Gasteiger partial charge in [0.1, 0.15) is 0 Å². The molecule has 1 saturated heterocycles. The van der Waals surface area contributed by atoms with Crippen molar-refractivity contribution in [2.24, 2.45) is 0 Å². The first-order valence-corrected chi connectivity index (χ1v) is 8.51. The molecular formula is C18H25N3O3. The van der Waals surface area contributed by atoms with E-state index in [4.69, 9.17) is 0 Å². The molecule has 1 unspecified atom stereocenters. The van der Waals surface area contributed by atoms with Crippen molar-refractivity contribution in [3.05, 3.63) is 35.9 Å². The Morgan fingerprint density at radius 1 is 1.21 bits per heavy atom. The van der Waals surface area contributed by atoms with Crippen molar-refractivity contribution < 1.29 is 14.4 Å². The fraction of sp³-hybridized carbons (Fsp3) is 0.500. The Kier molecular flexibility index (Phi) is 6.78. The SMILES string of the molecule is CCC(CCNC(=O)CNC(=O)c1ccccc1)N1CCCC1=O. The van der Waals surface area contributed by atoms with Gasteiger partial charge in [0.05, 0.1) is 6.54 Å². The molecule has 1 aromatic rings. The second-order valence-corrected chi connectivity index (χ2v) is 5.94. The lowest BCUT2D eigenvalue weighted by Gasteiger charge is -2.26. The molecule has 0 saturated carbocycles. The molecule has 1 heterocycles. The van der Waals surface area contributed by atoms with Gasteiger partial charge in [-0.05, 0) is 31.4 Å². The Bertz CT molecular complexity index is 574. The molecule has 0 aliphatic carbocycles. The van der Waals surface area contributed by atoms with Crippen LogP contribution in [0, 0.1) is 0 Å². The minimum atomic E-state index is -0.264. The van der Waals surface area contributed by atoms with Gasteiger partial charge in [-0.1, -0.05) is 25.1 Å². The predicted molar refractivity (Wildman–Crippen MR) is 91.4 cm³/mol. The van der Waals surface area contributed by atoms with Crippen molar-refractivity contribution in [2.75, 3.05) is 19.6 Å². The van der Waals surface area contributed by atoms with Crippen molar-refractivity contribution in [2.45, 2.75) is 38.6 Å². The van der Waals surface area contributed by atoms with Crippen molar-refractivity contribution in [1.29, 1.82) is 0 Å². The third kappa shape index (κ3) is 5.08. The molecule has 6 heteroatoms. The lowest BCUT2D eigenvalue weighted by molar-refractivity contribution is -0.129. The van der Waals surface area contributed by atoms with Gasteiger partial charge in [-0.25, -0.2) is 0 Å². The largest absolute Gasteiger partial charge is 0.354 e. The van der Waals surface area contributed by atoms with E-state index in [1.165, 1.54) is 0 Å². The summed E-state index contributed by atoms with van der Waals surface area (Å²) in [4.78, 5) is 37.4. The van der Waals surface area contributed by atoms with Crippen molar-refractivity contribution in [1.82, 2.24) is 15.5 Å². The van der Waals surface area contributed by atoms with Crippen molar-refractivity contribution >= 4 is 17.7 Å². The van der Waals surface area contributed by atoms with Gasteiger partial charge < -0.3 is 15.5 Å². The average Bonchev–Trinajstić information content (AvgIpc) is 3.03. The van der Waals surface area contributed by atoms with Crippen LogP contribution in [0.4, 0.5) is 0 Å². The fourth-order valence-corrected chi connectivity index (χ4v) is 2.93. The first kappa shape index (κ1) is 18.0. The molecular weight excluding hydrogens is 306 g/mol. The van der Waals surface area contributed by atoms with E-state index < -0.39 is 0 Å². The number of benzene rings is 1. The highest BCUT2D eigenvalue weighted by Crippen LogP contribution is 2.17. The number of rotatable bonds is 8. The zero-order chi connectivity index (χ0) is 17.4. The molecule has 0 radical (unpaired) electrons. The molecule has 0 aromatic heterocycles. The molecule has 1 aliphatic rings. The van der Waals surface area contributed by atoms with E-state index >= 15 is 0 Å². The second-order valence-electron chi connectivity index (χ2n) is 5.94. The summed E-state index contributed by atoms with van der Waals surface area (Å²) in [6.45, 7) is 3.33. The Labute approximate surface area is 142 Å². The van der Waals surface area contributed by atoms with E-state index in [9.17, 15) is 14.4 Å². The van der Waals surface area contributed by atoms with E-state index in [1.807, 2.05) is 11.0 Å². The monoisotopic (exact) mass is 331 g/mol. The highest BCUT2D eigenvalue weighted by atomic mass is 16.2. The van der Waals surface area contributed by atoms with Gasteiger partial charge in [-0.15, -0.1) is 0 Å². The molecule has 0 bridgehead atoms. The van der Waals surface area contributed by atoms with Gasteiger partial charge in [0.25, 0.3) is 5.91 Å². The van der Waals surface area contributed by atoms with Crippen LogP contribution in [-0.4, -0.2) is 48.3 Å². The smallest absolute Gasteiger partial charge is 0.251 e. The molecule has 0 spiro atoms. The van der Waals surface area contributed by atoms with E-state index in [2.05, 4.69) is 17.6 Å². The van der Waals surface area contributed by atoms with Crippen LogP contribution in [0.25, 0.3) is 0 Å². The summed E-state index contributed by atoms with van der Waals surface area (Å²) < 4.78 is 0. The molecule has 24 heavy (non-hydrogen) atoms. The van der Waals surface area contributed by atoms with Gasteiger partial charge in [0.2, 0.25) is 11.8 Å². The summed E-state index contributed by atoms with van der Waals surface area (Å²) in [6, 6.07) is 8.97. The quantitative estimate of drug-likeness (QED) is 0.754. The molecule has 2 N–H and O–H groups in total. The molecule has 1 aliphatic heterocycles. The van der Waals surface area contributed by atoms with Crippen LogP contribution in [0.5, 0.6) is 0 Å². The molecule has 3 amide bonds. The average molecular weight is 331 g/mol. The van der Waals surface area contributed by atoms with Gasteiger partial charge in [0, 0.05) is 31.1 Å². The third-order valence-electron chi connectivity index (χ3n) is 4.27. The van der Waals surface area contributed by atoms with Gasteiger partial charge in [-0.3, -0.25) is 14.4 Å². The highest BCUT2D eigenvalue weighted by molar-refractivity contribution is 5.96. The Hall–Kier alpha value is -2.37. The van der Waals surface area contributed by atoms with E-state index in [1.54, 1.807) is 24.3 Å². The number of hydrogen-bond acceptors (Lipinski definition) is 3. The van der Waals surface area contributed by atoms with E-state index in [-0.39, 0.29) is 30.3 Å². The summed E-state index contributed by atoms with van der Waals surface area (Å²) in [6.07, 6.45) is 3.18. The number of carbonyl (C=O) groups excluding carboxylic acids is 3. The lowest BCUT2D eigenvalue weighted by atomic mass is 10.1. The highest BCUT2D eigenvalue weighted by Gasteiger charge is 2.26. The maximum atomic E-state index is 11.9. The summed E-state index contributed by atoms with van der Waals surface area (Å²) in [5, 5.41) is 5.40. The second kappa shape index (κ2) is 9.05. The summed E-state index contributed by atoms with van der Waals surface area (Å²) in [5.74, 6) is -0.273. The van der Waals surface area contributed by atoms with Crippen LogP contribution < -0.4 is 10.6 Å². The Balaban J connectivity index is 1.67. The van der Waals surface area contributed by atoms with Crippen molar-refractivity contribution in [3.63, 3.8) is 0 Å². The maximum absolute atomic E-state index is 11.9. The first-order chi connectivity index (χ1) is 11.6. The van der Waals surface area contributed by atoms with Crippen LogP contribution >= 0.6 is 0 Å². The number of amides is 3. The number of nitrogens with zero attached hydrogens (tertiary/aromatic N) is 1. The summed E-state index contributed by atoms with van der Waals surface area (Å²) in [7, 11) is 0. The predicted octanol–water partition coefficient (Wildman–Crippen LogP) is 1.32. The Morgan fingerprint density at radius 3 is 2.58 bits per heavy atom. The van der Waals surface area contributed by atoms with Crippen molar-refractivity contribution in [3.8, 4) is 0 Å². The van der Waals surface area contributed by atoms with Crippen LogP contribution in [-0.2, 0) is 9.59 Å². The minimum absolute atomic E-state index is 0.0484. The number of likely N-dealkylation sites (tertiary alicyclic amines) is 1. The minimum Gasteiger partial charge on any atom is -0.354 e. The van der Waals surface area contributed by atoms with Crippen LogP contribution in [0.3, 0.4) is 0 Å². The molecule has 2 rings (SSSR count). The fourth-order valence-electron chi connectivity index (χ4n) is 2.93. The van der Waals surface area contributed by atoms with Crippen LogP contribution in [0.2, 0.25) is 0 Å². The Morgan fingerprint density at radius 2 is 1.96 bits per heavy atom. The summed E-state index contributed by atoms with van der Waals surface area (Å²) in [5.41, 5.74) is 0.531. The molecule has 1 fully saturated rings. The zero-order valence-corrected chi connectivity index (χ0v) is 14.1. The van der Waals surface area contributed by atoms with Gasteiger partial charge >= 0.3 is 0 Å². The normalized spacial score (nSPS) is 15.2. The number of carbonyl (C=O) groups is 3. The van der Waals surface area contributed by atoms with E-state index in [0.717, 1.165) is 25.8 Å². The van der Waals surface area contributed by atoms with Crippen LogP contribution in [0.15, 0.2) is 30.3 Å². The van der Waals surface area contributed by atoms with Crippen LogP contribution in [0.1, 0.15) is 43.0 Å². The molecule has 1 atom stereocenters. The van der Waals surface area contributed by atoms with E-state index in [0.29, 0.717) is 18.5 Å². The number of hydrogen-bond donors (Lipinski definition) is 2. The molecule has 6 nitrogen and oxygen atoms in total. The number of nitrogens with one attached hydrogen (secondary N) is 2. The van der Waals surface area contributed by atoms with Gasteiger partial charge in [0.15, 0.2) is 0 Å². The topological polar surface area (TPSA) is 78.5 Å².